The lowest BCUT2D eigenvalue weighted by Gasteiger charge is -2.36. The summed E-state index contributed by atoms with van der Waals surface area (Å²) in [6.45, 7) is 4.96. The van der Waals surface area contributed by atoms with E-state index in [4.69, 9.17) is 34.8 Å². The molecule has 0 N–H and O–H groups in total. The van der Waals surface area contributed by atoms with E-state index < -0.39 is 0 Å². The zero-order valence-corrected chi connectivity index (χ0v) is 14.4. The van der Waals surface area contributed by atoms with E-state index in [0.29, 0.717) is 15.1 Å². The summed E-state index contributed by atoms with van der Waals surface area (Å²) in [6.07, 6.45) is 0. The Morgan fingerprint density at radius 3 is 2.00 bits per heavy atom. The van der Waals surface area contributed by atoms with Crippen LogP contribution in [0.3, 0.4) is 0 Å². The van der Waals surface area contributed by atoms with Gasteiger partial charge < -0.3 is 4.90 Å². The zero-order chi connectivity index (χ0) is 15.5. The molecule has 1 aliphatic heterocycles. The van der Waals surface area contributed by atoms with E-state index in [1.807, 2.05) is 12.1 Å². The van der Waals surface area contributed by atoms with Crippen molar-refractivity contribution >= 4 is 40.5 Å². The quantitative estimate of drug-likeness (QED) is 0.717. The number of halogens is 3. The van der Waals surface area contributed by atoms with Crippen molar-refractivity contribution in [3.63, 3.8) is 0 Å². The fourth-order valence-corrected chi connectivity index (χ4v) is 3.32. The van der Waals surface area contributed by atoms with Crippen LogP contribution >= 0.6 is 34.8 Å². The number of nitrogens with zero attached hydrogens (tertiary/aromatic N) is 2. The van der Waals surface area contributed by atoms with Gasteiger partial charge in [-0.1, -0.05) is 65.1 Å². The highest BCUT2D eigenvalue weighted by atomic mass is 35.5. The summed E-state index contributed by atoms with van der Waals surface area (Å²) in [6, 6.07) is 14.4. The fourth-order valence-electron chi connectivity index (χ4n) is 2.73. The third-order valence-electron chi connectivity index (χ3n) is 3.96. The number of hydrogen-bond donors (Lipinski definition) is 0. The van der Waals surface area contributed by atoms with Crippen molar-refractivity contribution in [1.82, 2.24) is 4.90 Å². The van der Waals surface area contributed by atoms with Crippen molar-refractivity contribution in [1.29, 1.82) is 0 Å². The van der Waals surface area contributed by atoms with Crippen molar-refractivity contribution in [3.05, 3.63) is 63.1 Å². The molecule has 1 heterocycles. The molecule has 3 rings (SSSR count). The van der Waals surface area contributed by atoms with Gasteiger partial charge in [0, 0.05) is 38.4 Å². The van der Waals surface area contributed by atoms with Crippen LogP contribution in [0.2, 0.25) is 15.1 Å². The molecular formula is C17H17Cl3N2. The Hall–Kier alpha value is -0.930. The summed E-state index contributed by atoms with van der Waals surface area (Å²) in [5, 5.41) is 1.45. The highest BCUT2D eigenvalue weighted by molar-refractivity contribution is 6.48. The molecule has 5 heteroatoms. The molecule has 0 bridgehead atoms. The maximum absolute atomic E-state index is 6.12. The van der Waals surface area contributed by atoms with Gasteiger partial charge in [0.1, 0.15) is 0 Å². The molecule has 0 unspecified atom stereocenters. The van der Waals surface area contributed by atoms with Crippen molar-refractivity contribution in [2.24, 2.45) is 0 Å². The maximum Gasteiger partial charge on any atom is 0.0780 e. The molecule has 0 radical (unpaired) electrons. The van der Waals surface area contributed by atoms with Gasteiger partial charge in [-0.2, -0.15) is 0 Å². The first kappa shape index (κ1) is 15.9. The van der Waals surface area contributed by atoms with Gasteiger partial charge in [0.25, 0.3) is 0 Å². The minimum atomic E-state index is 0.426. The molecule has 1 fully saturated rings. The summed E-state index contributed by atoms with van der Waals surface area (Å²) in [5.41, 5.74) is 2.40. The number of benzene rings is 2. The van der Waals surface area contributed by atoms with Crippen LogP contribution in [0, 0.1) is 0 Å². The Balaban J connectivity index is 1.62. The number of rotatable bonds is 3. The second kappa shape index (κ2) is 7.10. The van der Waals surface area contributed by atoms with Gasteiger partial charge in [-0.15, -0.1) is 0 Å². The van der Waals surface area contributed by atoms with E-state index in [-0.39, 0.29) is 0 Å². The van der Waals surface area contributed by atoms with Crippen LogP contribution in [0.25, 0.3) is 0 Å². The molecule has 0 aromatic heterocycles. The van der Waals surface area contributed by atoms with E-state index in [9.17, 15) is 0 Å². The van der Waals surface area contributed by atoms with Crippen LogP contribution in [-0.4, -0.2) is 31.1 Å². The maximum atomic E-state index is 6.12. The van der Waals surface area contributed by atoms with Crippen molar-refractivity contribution < 1.29 is 0 Å². The highest BCUT2D eigenvalue weighted by Gasteiger charge is 2.18. The van der Waals surface area contributed by atoms with Gasteiger partial charge in [0.15, 0.2) is 0 Å². The van der Waals surface area contributed by atoms with Gasteiger partial charge in [0.05, 0.1) is 15.1 Å². The van der Waals surface area contributed by atoms with Crippen molar-refractivity contribution in [2.75, 3.05) is 31.1 Å². The first-order valence-electron chi connectivity index (χ1n) is 7.29. The van der Waals surface area contributed by atoms with Crippen molar-refractivity contribution in [2.45, 2.75) is 6.54 Å². The molecule has 0 atom stereocenters. The van der Waals surface area contributed by atoms with Gasteiger partial charge in [-0.05, 0) is 17.7 Å². The molecule has 116 valence electrons. The Bertz CT molecular complexity index is 615. The molecule has 2 aromatic rings. The normalized spacial score (nSPS) is 16.0. The summed E-state index contributed by atoms with van der Waals surface area (Å²) in [5.74, 6) is 0. The predicted octanol–water partition coefficient (Wildman–Crippen LogP) is 4.97. The summed E-state index contributed by atoms with van der Waals surface area (Å²) >= 11 is 18.3. The number of piperazine rings is 1. The first-order chi connectivity index (χ1) is 10.6. The minimum Gasteiger partial charge on any atom is -0.369 e. The van der Waals surface area contributed by atoms with Crippen LogP contribution in [0.1, 0.15) is 5.56 Å². The standard InChI is InChI=1S/C17H17Cl3N2/c18-15-10-14(11-16(19)17(15)20)22-8-6-21(7-9-22)12-13-4-2-1-3-5-13/h1-5,10-11H,6-9,12H2. The number of anilines is 1. The van der Waals surface area contributed by atoms with Crippen LogP contribution in [0.4, 0.5) is 5.69 Å². The Morgan fingerprint density at radius 1 is 0.818 bits per heavy atom. The van der Waals surface area contributed by atoms with E-state index in [2.05, 4.69) is 40.1 Å². The molecule has 0 amide bonds. The average molecular weight is 356 g/mol. The topological polar surface area (TPSA) is 6.48 Å². The van der Waals surface area contributed by atoms with Crippen LogP contribution in [0.15, 0.2) is 42.5 Å². The van der Waals surface area contributed by atoms with E-state index in [0.717, 1.165) is 38.4 Å². The molecule has 0 spiro atoms. The second-order valence-corrected chi connectivity index (χ2v) is 6.66. The third-order valence-corrected chi connectivity index (χ3v) is 5.15. The SMILES string of the molecule is Clc1cc(N2CCN(Cc3ccccc3)CC2)cc(Cl)c1Cl. The van der Waals surface area contributed by atoms with Crippen LogP contribution in [0.5, 0.6) is 0 Å². The Morgan fingerprint density at radius 2 is 1.41 bits per heavy atom. The number of hydrogen-bond acceptors (Lipinski definition) is 2. The van der Waals surface area contributed by atoms with Gasteiger partial charge >= 0.3 is 0 Å². The molecule has 0 saturated carbocycles. The lowest BCUT2D eigenvalue weighted by atomic mass is 10.2. The monoisotopic (exact) mass is 354 g/mol. The molecule has 2 nitrogen and oxygen atoms in total. The van der Waals surface area contributed by atoms with Gasteiger partial charge in [-0.25, -0.2) is 0 Å². The minimum absolute atomic E-state index is 0.426. The second-order valence-electron chi connectivity index (χ2n) is 5.47. The first-order valence-corrected chi connectivity index (χ1v) is 8.42. The summed E-state index contributed by atoms with van der Waals surface area (Å²) in [4.78, 5) is 4.76. The molecular weight excluding hydrogens is 339 g/mol. The van der Waals surface area contributed by atoms with Crippen molar-refractivity contribution in [3.8, 4) is 0 Å². The van der Waals surface area contributed by atoms with Crippen LogP contribution in [-0.2, 0) is 6.54 Å². The molecule has 0 aliphatic carbocycles. The predicted molar refractivity (Wildman–Crippen MR) is 95.4 cm³/mol. The van der Waals surface area contributed by atoms with E-state index in [1.165, 1.54) is 5.56 Å². The lowest BCUT2D eigenvalue weighted by molar-refractivity contribution is 0.250. The Kier molecular flexibility index (Phi) is 5.14. The Labute approximate surface area is 146 Å². The highest BCUT2D eigenvalue weighted by Crippen LogP contribution is 2.34. The fraction of sp³-hybridized carbons (Fsp3) is 0.294. The van der Waals surface area contributed by atoms with E-state index in [1.54, 1.807) is 0 Å². The van der Waals surface area contributed by atoms with Crippen LogP contribution < -0.4 is 4.90 Å². The third kappa shape index (κ3) is 3.69. The molecule has 2 aromatic carbocycles. The molecule has 1 saturated heterocycles. The summed E-state index contributed by atoms with van der Waals surface area (Å²) < 4.78 is 0. The largest absolute Gasteiger partial charge is 0.369 e. The zero-order valence-electron chi connectivity index (χ0n) is 12.1. The summed E-state index contributed by atoms with van der Waals surface area (Å²) in [7, 11) is 0. The lowest BCUT2D eigenvalue weighted by Crippen LogP contribution is -2.45. The van der Waals surface area contributed by atoms with Gasteiger partial charge in [0.2, 0.25) is 0 Å². The van der Waals surface area contributed by atoms with Gasteiger partial charge in [-0.3, -0.25) is 4.90 Å². The average Bonchev–Trinajstić information content (AvgIpc) is 2.54. The van der Waals surface area contributed by atoms with E-state index >= 15 is 0 Å². The smallest absolute Gasteiger partial charge is 0.0780 e. The molecule has 1 aliphatic rings. The molecule has 22 heavy (non-hydrogen) atoms.